The highest BCUT2D eigenvalue weighted by Gasteiger charge is 2.39. The van der Waals surface area contributed by atoms with Crippen LogP contribution in [0.4, 0.5) is 4.39 Å². The fourth-order valence-corrected chi connectivity index (χ4v) is 5.18. The average molecular weight is 418 g/mol. The fourth-order valence-electron chi connectivity index (χ4n) is 3.53. The maximum absolute atomic E-state index is 13.1. The molecule has 152 valence electrons. The first-order chi connectivity index (χ1) is 13.8. The quantitative estimate of drug-likeness (QED) is 0.582. The molecule has 4 rings (SSSR count). The van der Waals surface area contributed by atoms with Gasteiger partial charge in [0.25, 0.3) is 0 Å². The zero-order valence-corrected chi connectivity index (χ0v) is 16.1. The van der Waals surface area contributed by atoms with Crippen LogP contribution in [-0.4, -0.2) is 41.2 Å². The number of benzene rings is 2. The van der Waals surface area contributed by atoms with Crippen molar-refractivity contribution in [2.75, 3.05) is 6.54 Å². The number of amides is 1. The Kier molecular flexibility index (Phi) is 4.97. The van der Waals surface area contributed by atoms with Crippen LogP contribution >= 0.6 is 0 Å². The summed E-state index contributed by atoms with van der Waals surface area (Å²) in [7, 11) is -3.90. The molecular weight excluding hydrogens is 399 g/mol. The number of nitrogens with one attached hydrogen (secondary N) is 3. The van der Waals surface area contributed by atoms with Gasteiger partial charge in [-0.15, -0.1) is 0 Å². The predicted octanol–water partition coefficient (Wildman–Crippen LogP) is 1.46. The summed E-state index contributed by atoms with van der Waals surface area (Å²) in [6.07, 6.45) is 0.978. The number of rotatable bonds is 5. The van der Waals surface area contributed by atoms with Crippen molar-refractivity contribution in [3.63, 3.8) is 0 Å². The molecule has 0 aliphatic carbocycles. The van der Waals surface area contributed by atoms with Gasteiger partial charge < -0.3 is 15.3 Å². The Bertz CT molecular complexity index is 1220. The van der Waals surface area contributed by atoms with Crippen LogP contribution in [0.15, 0.2) is 52.2 Å². The summed E-state index contributed by atoms with van der Waals surface area (Å²) in [6, 6.07) is 8.99. The zero-order chi connectivity index (χ0) is 20.6. The van der Waals surface area contributed by atoms with E-state index < -0.39 is 27.8 Å². The molecule has 1 saturated heterocycles. The van der Waals surface area contributed by atoms with Gasteiger partial charge in [0.05, 0.1) is 15.9 Å². The highest BCUT2D eigenvalue weighted by Crippen LogP contribution is 2.26. The van der Waals surface area contributed by atoms with Gasteiger partial charge in [0.15, 0.2) is 0 Å². The van der Waals surface area contributed by atoms with Crippen LogP contribution in [0.5, 0.6) is 0 Å². The van der Waals surface area contributed by atoms with Crippen molar-refractivity contribution in [2.45, 2.75) is 30.3 Å². The van der Waals surface area contributed by atoms with E-state index in [0.717, 1.165) is 17.7 Å². The number of fused-ring (bicyclic) bond motifs is 1. The number of halogens is 1. The van der Waals surface area contributed by atoms with E-state index in [9.17, 15) is 22.4 Å². The molecule has 2 heterocycles. The van der Waals surface area contributed by atoms with E-state index >= 15 is 0 Å². The molecule has 2 aromatic carbocycles. The molecule has 8 nitrogen and oxygen atoms in total. The van der Waals surface area contributed by atoms with Gasteiger partial charge in [0.1, 0.15) is 11.9 Å². The van der Waals surface area contributed by atoms with Crippen molar-refractivity contribution in [1.29, 1.82) is 0 Å². The molecule has 29 heavy (non-hydrogen) atoms. The zero-order valence-electron chi connectivity index (χ0n) is 15.3. The molecule has 1 aromatic heterocycles. The lowest BCUT2D eigenvalue weighted by atomic mass is 10.2. The van der Waals surface area contributed by atoms with E-state index in [4.69, 9.17) is 0 Å². The van der Waals surface area contributed by atoms with E-state index in [1.54, 1.807) is 18.2 Å². The number of sulfonamides is 1. The van der Waals surface area contributed by atoms with Gasteiger partial charge in [-0.3, -0.25) is 4.79 Å². The van der Waals surface area contributed by atoms with Crippen molar-refractivity contribution in [2.24, 2.45) is 0 Å². The third-order valence-corrected chi connectivity index (χ3v) is 6.90. The van der Waals surface area contributed by atoms with Gasteiger partial charge in [0.2, 0.25) is 15.9 Å². The van der Waals surface area contributed by atoms with Crippen LogP contribution < -0.4 is 11.0 Å². The predicted molar refractivity (Wildman–Crippen MR) is 104 cm³/mol. The summed E-state index contributed by atoms with van der Waals surface area (Å²) >= 11 is 0. The first kappa shape index (κ1) is 19.3. The topological polar surface area (TPSA) is 115 Å². The monoisotopic (exact) mass is 418 g/mol. The molecular formula is C19H19FN4O4S. The van der Waals surface area contributed by atoms with E-state index in [1.165, 1.54) is 16.4 Å². The number of aromatic nitrogens is 2. The summed E-state index contributed by atoms with van der Waals surface area (Å²) < 4.78 is 40.0. The van der Waals surface area contributed by atoms with E-state index in [-0.39, 0.29) is 23.7 Å². The van der Waals surface area contributed by atoms with Gasteiger partial charge >= 0.3 is 5.69 Å². The minimum atomic E-state index is -3.90. The lowest BCUT2D eigenvalue weighted by molar-refractivity contribution is -0.124. The number of hydrogen-bond donors (Lipinski definition) is 3. The SMILES string of the molecule is O=C(NCc1ccc2[nH]c(=O)[nH]c2c1)C1CCCN1S(=O)(=O)c1ccc(F)cc1. The molecule has 10 heteroatoms. The van der Waals surface area contributed by atoms with Gasteiger partial charge in [-0.1, -0.05) is 6.07 Å². The van der Waals surface area contributed by atoms with Crippen LogP contribution in [0.1, 0.15) is 18.4 Å². The molecule has 0 spiro atoms. The van der Waals surface area contributed by atoms with Gasteiger partial charge in [-0.05, 0) is 54.8 Å². The van der Waals surface area contributed by atoms with Crippen molar-refractivity contribution in [3.8, 4) is 0 Å². The summed E-state index contributed by atoms with van der Waals surface area (Å²) in [6.45, 7) is 0.428. The molecule has 3 N–H and O–H groups in total. The maximum atomic E-state index is 13.1. The van der Waals surface area contributed by atoms with Crippen molar-refractivity contribution < 1.29 is 17.6 Å². The Hall–Kier alpha value is -2.98. The molecule has 1 atom stereocenters. The molecule has 3 aromatic rings. The Labute approximate surface area is 165 Å². The number of nitrogens with zero attached hydrogens (tertiary/aromatic N) is 1. The van der Waals surface area contributed by atoms with Crippen LogP contribution in [0.25, 0.3) is 11.0 Å². The molecule has 0 radical (unpaired) electrons. The van der Waals surface area contributed by atoms with Crippen molar-refractivity contribution in [3.05, 3.63) is 64.3 Å². The Morgan fingerprint density at radius 2 is 1.86 bits per heavy atom. The van der Waals surface area contributed by atoms with Gasteiger partial charge in [-0.2, -0.15) is 4.31 Å². The molecule has 1 aliphatic rings. The fraction of sp³-hybridized carbons (Fsp3) is 0.263. The molecule has 0 bridgehead atoms. The number of carbonyl (C=O) groups excluding carboxylic acids is 1. The van der Waals surface area contributed by atoms with Crippen LogP contribution in [0.3, 0.4) is 0 Å². The Morgan fingerprint density at radius 1 is 1.14 bits per heavy atom. The van der Waals surface area contributed by atoms with E-state index in [2.05, 4.69) is 15.3 Å². The highest BCUT2D eigenvalue weighted by atomic mass is 32.2. The third kappa shape index (κ3) is 3.81. The summed E-state index contributed by atoms with van der Waals surface area (Å²) in [5, 5.41) is 2.77. The second-order valence-corrected chi connectivity index (χ2v) is 8.80. The lowest BCUT2D eigenvalue weighted by Gasteiger charge is -2.23. The van der Waals surface area contributed by atoms with E-state index in [0.29, 0.717) is 23.9 Å². The van der Waals surface area contributed by atoms with E-state index in [1.807, 2.05) is 0 Å². The van der Waals surface area contributed by atoms with Crippen LogP contribution in [0.2, 0.25) is 0 Å². The minimum absolute atomic E-state index is 0.0412. The Morgan fingerprint density at radius 3 is 2.62 bits per heavy atom. The van der Waals surface area contributed by atoms with Crippen LogP contribution in [-0.2, 0) is 21.4 Å². The standard InChI is InChI=1S/C19H19FN4O4S/c20-13-4-6-14(7-5-13)29(27,28)24-9-1-2-17(24)18(25)21-11-12-3-8-15-16(10-12)23-19(26)22-15/h3-8,10,17H,1-2,9,11H2,(H,21,25)(H2,22,23,26). The second-order valence-electron chi connectivity index (χ2n) is 6.90. The van der Waals surface area contributed by atoms with Gasteiger partial charge in [-0.25, -0.2) is 17.6 Å². The molecule has 1 fully saturated rings. The first-order valence-corrected chi connectivity index (χ1v) is 10.5. The van der Waals surface area contributed by atoms with Crippen molar-refractivity contribution >= 4 is 27.0 Å². The second kappa shape index (κ2) is 7.45. The molecule has 1 unspecified atom stereocenters. The highest BCUT2D eigenvalue weighted by molar-refractivity contribution is 7.89. The Balaban J connectivity index is 1.48. The number of hydrogen-bond acceptors (Lipinski definition) is 4. The number of carbonyl (C=O) groups is 1. The van der Waals surface area contributed by atoms with Crippen LogP contribution in [0, 0.1) is 5.82 Å². The van der Waals surface area contributed by atoms with Crippen molar-refractivity contribution in [1.82, 2.24) is 19.6 Å². The lowest BCUT2D eigenvalue weighted by Crippen LogP contribution is -2.45. The molecule has 1 amide bonds. The first-order valence-electron chi connectivity index (χ1n) is 9.11. The number of imidazole rings is 1. The smallest absolute Gasteiger partial charge is 0.323 e. The molecule has 1 aliphatic heterocycles. The molecule has 0 saturated carbocycles. The summed E-state index contributed by atoms with van der Waals surface area (Å²) in [4.78, 5) is 29.3. The average Bonchev–Trinajstić information content (AvgIpc) is 3.32. The maximum Gasteiger partial charge on any atom is 0.323 e. The largest absolute Gasteiger partial charge is 0.351 e. The number of H-pyrrole nitrogens is 2. The third-order valence-electron chi connectivity index (χ3n) is 4.97. The minimum Gasteiger partial charge on any atom is -0.351 e. The van der Waals surface area contributed by atoms with Gasteiger partial charge in [0, 0.05) is 13.1 Å². The normalized spacial score (nSPS) is 17.6. The summed E-state index contributed by atoms with van der Waals surface area (Å²) in [5.41, 5.74) is 1.75. The number of aromatic amines is 2. The summed E-state index contributed by atoms with van der Waals surface area (Å²) in [5.74, 6) is -0.920.